The van der Waals surface area contributed by atoms with Gasteiger partial charge in [-0.1, -0.05) is 35.9 Å². The Bertz CT molecular complexity index is 817. The summed E-state index contributed by atoms with van der Waals surface area (Å²) in [6, 6.07) is 12.0. The minimum Gasteiger partial charge on any atom is -0.289 e. The van der Waals surface area contributed by atoms with Crippen LogP contribution in [0.5, 0.6) is 0 Å². The van der Waals surface area contributed by atoms with Crippen LogP contribution in [0.3, 0.4) is 0 Å². The zero-order valence-electron chi connectivity index (χ0n) is 11.2. The summed E-state index contributed by atoms with van der Waals surface area (Å²) in [6.45, 7) is 4.03. The number of halogens is 1. The Balaban J connectivity index is 2.16. The summed E-state index contributed by atoms with van der Waals surface area (Å²) in [4.78, 5) is 12.8. The Morgan fingerprint density at radius 1 is 1.10 bits per heavy atom. The van der Waals surface area contributed by atoms with Gasteiger partial charge in [-0.25, -0.2) is 0 Å². The van der Waals surface area contributed by atoms with Crippen LogP contribution in [0, 0.1) is 13.8 Å². The monoisotopic (exact) mass is 344 g/mol. The van der Waals surface area contributed by atoms with Crippen molar-refractivity contribution in [1.82, 2.24) is 0 Å². The molecule has 100 valence electrons. The molecule has 0 amide bonds. The average molecular weight is 345 g/mol. The molecule has 0 aliphatic rings. The van der Waals surface area contributed by atoms with Crippen LogP contribution in [-0.2, 0) is 0 Å². The van der Waals surface area contributed by atoms with E-state index in [1.807, 2.05) is 49.6 Å². The summed E-state index contributed by atoms with van der Waals surface area (Å²) < 4.78 is 2.17. The van der Waals surface area contributed by atoms with Crippen molar-refractivity contribution in [3.63, 3.8) is 0 Å². The highest BCUT2D eigenvalue weighted by Gasteiger charge is 2.16. The van der Waals surface area contributed by atoms with E-state index in [4.69, 9.17) is 0 Å². The van der Waals surface area contributed by atoms with E-state index >= 15 is 0 Å². The number of thiophene rings is 1. The SMILES string of the molecule is Cc1ccc(C(=O)c2csc3c(Br)cccc23)c(C)c1. The molecule has 0 fully saturated rings. The number of ketones is 1. The first-order valence-electron chi connectivity index (χ1n) is 6.35. The topological polar surface area (TPSA) is 17.1 Å². The van der Waals surface area contributed by atoms with Gasteiger partial charge in [0.15, 0.2) is 5.78 Å². The van der Waals surface area contributed by atoms with Crippen LogP contribution < -0.4 is 0 Å². The molecule has 1 heterocycles. The molecular formula is C17H13BrOS. The molecule has 2 aromatic carbocycles. The first-order chi connectivity index (χ1) is 9.58. The molecule has 0 radical (unpaired) electrons. The van der Waals surface area contributed by atoms with E-state index in [9.17, 15) is 4.79 Å². The van der Waals surface area contributed by atoms with Crippen molar-refractivity contribution in [3.05, 3.63) is 68.5 Å². The number of rotatable bonds is 2. The molecule has 0 atom stereocenters. The molecular weight excluding hydrogens is 332 g/mol. The third-order valence-electron chi connectivity index (χ3n) is 3.42. The Morgan fingerprint density at radius 3 is 2.65 bits per heavy atom. The lowest BCUT2D eigenvalue weighted by molar-refractivity contribution is 0.104. The fraction of sp³-hybridized carbons (Fsp3) is 0.118. The number of benzene rings is 2. The first-order valence-corrected chi connectivity index (χ1v) is 8.03. The van der Waals surface area contributed by atoms with Crippen molar-refractivity contribution in [1.29, 1.82) is 0 Å². The second-order valence-corrected chi connectivity index (χ2v) is 6.65. The van der Waals surface area contributed by atoms with E-state index in [1.54, 1.807) is 11.3 Å². The Labute approximate surface area is 130 Å². The van der Waals surface area contributed by atoms with E-state index in [2.05, 4.69) is 22.0 Å². The van der Waals surface area contributed by atoms with E-state index in [0.717, 1.165) is 31.2 Å². The molecule has 0 N–H and O–H groups in total. The Kier molecular flexibility index (Phi) is 3.48. The van der Waals surface area contributed by atoms with Gasteiger partial charge in [0.2, 0.25) is 0 Å². The highest BCUT2D eigenvalue weighted by Crippen LogP contribution is 2.33. The van der Waals surface area contributed by atoms with Crippen LogP contribution in [0.1, 0.15) is 27.0 Å². The average Bonchev–Trinajstić information content (AvgIpc) is 2.83. The van der Waals surface area contributed by atoms with Crippen LogP contribution in [0.4, 0.5) is 0 Å². The first kappa shape index (κ1) is 13.5. The lowest BCUT2D eigenvalue weighted by Crippen LogP contribution is -2.03. The summed E-state index contributed by atoms with van der Waals surface area (Å²) in [5, 5.41) is 2.98. The highest BCUT2D eigenvalue weighted by molar-refractivity contribution is 9.10. The summed E-state index contributed by atoms with van der Waals surface area (Å²) in [7, 11) is 0. The zero-order chi connectivity index (χ0) is 14.3. The van der Waals surface area contributed by atoms with Crippen molar-refractivity contribution < 1.29 is 4.79 Å². The molecule has 0 spiro atoms. The van der Waals surface area contributed by atoms with Crippen molar-refractivity contribution in [3.8, 4) is 0 Å². The number of carbonyl (C=O) groups is 1. The Hall–Kier alpha value is -1.45. The normalized spacial score (nSPS) is 10.9. The standard InChI is InChI=1S/C17H13BrOS/c1-10-6-7-12(11(2)8-10)16(19)14-9-20-17-13(14)4-3-5-15(17)18/h3-9H,1-2H3. The molecule has 0 aliphatic heterocycles. The van der Waals surface area contributed by atoms with E-state index < -0.39 is 0 Å². The van der Waals surface area contributed by atoms with Gasteiger partial charge in [-0.2, -0.15) is 0 Å². The van der Waals surface area contributed by atoms with Gasteiger partial charge in [0, 0.05) is 31.1 Å². The van der Waals surface area contributed by atoms with E-state index in [0.29, 0.717) is 0 Å². The fourth-order valence-corrected chi connectivity index (χ4v) is 4.01. The molecule has 1 aromatic heterocycles. The third kappa shape index (κ3) is 2.21. The van der Waals surface area contributed by atoms with Crippen LogP contribution in [0.15, 0.2) is 46.3 Å². The molecule has 0 unspecified atom stereocenters. The molecule has 0 bridgehead atoms. The Morgan fingerprint density at radius 2 is 1.90 bits per heavy atom. The quantitative estimate of drug-likeness (QED) is 0.560. The van der Waals surface area contributed by atoms with E-state index in [1.165, 1.54) is 5.56 Å². The smallest absolute Gasteiger partial charge is 0.194 e. The number of aryl methyl sites for hydroxylation is 2. The highest BCUT2D eigenvalue weighted by atomic mass is 79.9. The fourth-order valence-electron chi connectivity index (χ4n) is 2.41. The largest absolute Gasteiger partial charge is 0.289 e. The van der Waals surface area contributed by atoms with Gasteiger partial charge in [0.1, 0.15) is 0 Å². The molecule has 1 nitrogen and oxygen atoms in total. The van der Waals surface area contributed by atoms with Crippen LogP contribution >= 0.6 is 27.3 Å². The van der Waals surface area contributed by atoms with Gasteiger partial charge in [-0.3, -0.25) is 4.79 Å². The van der Waals surface area contributed by atoms with Gasteiger partial charge in [0.05, 0.1) is 0 Å². The molecule has 0 aliphatic carbocycles. The van der Waals surface area contributed by atoms with Crippen LogP contribution in [0.2, 0.25) is 0 Å². The zero-order valence-corrected chi connectivity index (χ0v) is 13.6. The van der Waals surface area contributed by atoms with Crippen molar-refractivity contribution in [2.45, 2.75) is 13.8 Å². The molecule has 3 aromatic rings. The van der Waals surface area contributed by atoms with Crippen LogP contribution in [-0.4, -0.2) is 5.78 Å². The minimum absolute atomic E-state index is 0.104. The minimum atomic E-state index is 0.104. The van der Waals surface area contributed by atoms with Gasteiger partial charge >= 0.3 is 0 Å². The van der Waals surface area contributed by atoms with Crippen LogP contribution in [0.25, 0.3) is 10.1 Å². The van der Waals surface area contributed by atoms with Crippen molar-refractivity contribution in [2.24, 2.45) is 0 Å². The molecule has 3 rings (SSSR count). The van der Waals surface area contributed by atoms with E-state index in [-0.39, 0.29) is 5.78 Å². The number of hydrogen-bond donors (Lipinski definition) is 0. The summed E-state index contributed by atoms with van der Waals surface area (Å²) in [5.41, 5.74) is 3.79. The predicted molar refractivity (Wildman–Crippen MR) is 88.9 cm³/mol. The lowest BCUT2D eigenvalue weighted by Gasteiger charge is -2.05. The van der Waals surface area contributed by atoms with Gasteiger partial charge < -0.3 is 0 Å². The molecule has 3 heteroatoms. The summed E-state index contributed by atoms with van der Waals surface area (Å²) in [6.07, 6.45) is 0. The maximum Gasteiger partial charge on any atom is 0.194 e. The number of fused-ring (bicyclic) bond motifs is 1. The third-order valence-corrected chi connectivity index (χ3v) is 5.38. The predicted octanol–water partition coefficient (Wildman–Crippen LogP) is 5.51. The second-order valence-electron chi connectivity index (χ2n) is 4.91. The van der Waals surface area contributed by atoms with Crippen molar-refractivity contribution >= 4 is 43.1 Å². The lowest BCUT2D eigenvalue weighted by atomic mass is 9.97. The summed E-state index contributed by atoms with van der Waals surface area (Å²) in [5.74, 6) is 0.104. The van der Waals surface area contributed by atoms with Gasteiger partial charge in [0.25, 0.3) is 0 Å². The molecule has 0 saturated carbocycles. The number of hydrogen-bond acceptors (Lipinski definition) is 2. The molecule has 20 heavy (non-hydrogen) atoms. The molecule has 0 saturated heterocycles. The van der Waals surface area contributed by atoms with Gasteiger partial charge in [-0.05, 0) is 41.4 Å². The van der Waals surface area contributed by atoms with Crippen molar-refractivity contribution in [2.75, 3.05) is 0 Å². The maximum absolute atomic E-state index is 12.8. The second kappa shape index (κ2) is 5.15. The summed E-state index contributed by atoms with van der Waals surface area (Å²) >= 11 is 5.14. The van der Waals surface area contributed by atoms with Gasteiger partial charge in [-0.15, -0.1) is 11.3 Å². The maximum atomic E-state index is 12.8. The number of carbonyl (C=O) groups excluding carboxylic acids is 1.